The molecule has 1 saturated heterocycles. The highest BCUT2D eigenvalue weighted by molar-refractivity contribution is 7.99. The van der Waals surface area contributed by atoms with Crippen molar-refractivity contribution in [3.05, 3.63) is 81.4 Å². The molecule has 2 aromatic heterocycles. The van der Waals surface area contributed by atoms with E-state index in [9.17, 15) is 14.4 Å². The number of nitrogens with zero attached hydrogens (tertiary/aromatic N) is 6. The van der Waals surface area contributed by atoms with Crippen LogP contribution in [-0.2, 0) is 0 Å². The van der Waals surface area contributed by atoms with Crippen molar-refractivity contribution in [2.24, 2.45) is 0 Å². The van der Waals surface area contributed by atoms with Gasteiger partial charge in [0.25, 0.3) is 5.56 Å². The Balaban J connectivity index is 1.80. The van der Waals surface area contributed by atoms with Crippen LogP contribution in [0.3, 0.4) is 0 Å². The summed E-state index contributed by atoms with van der Waals surface area (Å²) in [5.41, 5.74) is 6.01. The van der Waals surface area contributed by atoms with Crippen LogP contribution in [0.25, 0.3) is 16.6 Å². The summed E-state index contributed by atoms with van der Waals surface area (Å²) in [7, 11) is 0. The molecule has 3 heterocycles. The Morgan fingerprint density at radius 3 is 2.82 bits per heavy atom. The minimum atomic E-state index is -0.574. The van der Waals surface area contributed by atoms with Crippen molar-refractivity contribution in [3.8, 4) is 11.8 Å². The molecule has 11 heteroatoms. The number of nitrogen functional groups attached to an aromatic ring is 1. The van der Waals surface area contributed by atoms with Gasteiger partial charge in [0.1, 0.15) is 35.4 Å². The van der Waals surface area contributed by atoms with E-state index >= 15 is 0 Å². The van der Waals surface area contributed by atoms with Gasteiger partial charge in [0, 0.05) is 5.75 Å². The van der Waals surface area contributed by atoms with Crippen LogP contribution < -0.4 is 16.2 Å². The SMILES string of the molecule is N#Cc1c(N)ncnc1N1CSC[C@H]1c1nc2cccc(Cl)c2c(=O)n1-c1ccccc1F. The summed E-state index contributed by atoms with van der Waals surface area (Å²) >= 11 is 7.89. The van der Waals surface area contributed by atoms with Crippen LogP contribution in [0, 0.1) is 17.1 Å². The Morgan fingerprint density at radius 1 is 1.21 bits per heavy atom. The molecule has 1 fully saturated rings. The summed E-state index contributed by atoms with van der Waals surface area (Å²) in [6, 6.07) is 12.5. The van der Waals surface area contributed by atoms with Crippen LogP contribution in [-0.4, -0.2) is 31.1 Å². The van der Waals surface area contributed by atoms with Crippen molar-refractivity contribution in [1.82, 2.24) is 19.5 Å². The van der Waals surface area contributed by atoms with Crippen molar-refractivity contribution in [3.63, 3.8) is 0 Å². The van der Waals surface area contributed by atoms with E-state index in [1.165, 1.54) is 23.0 Å². The van der Waals surface area contributed by atoms with E-state index in [4.69, 9.17) is 22.3 Å². The lowest BCUT2D eigenvalue weighted by molar-refractivity contribution is 0.600. The predicted octanol–water partition coefficient (Wildman–Crippen LogP) is 3.67. The highest BCUT2D eigenvalue weighted by Crippen LogP contribution is 2.38. The summed E-state index contributed by atoms with van der Waals surface area (Å²) < 4.78 is 16.1. The van der Waals surface area contributed by atoms with Gasteiger partial charge in [-0.1, -0.05) is 29.8 Å². The average Bonchev–Trinajstić information content (AvgIpc) is 3.29. The predicted molar refractivity (Wildman–Crippen MR) is 126 cm³/mol. The number of halogens is 2. The summed E-state index contributed by atoms with van der Waals surface area (Å²) in [4.78, 5) is 28.4. The fourth-order valence-electron chi connectivity index (χ4n) is 3.88. The molecular formula is C22H15ClFN7OS. The van der Waals surface area contributed by atoms with E-state index in [1.807, 2.05) is 11.0 Å². The van der Waals surface area contributed by atoms with Crippen LogP contribution in [0.5, 0.6) is 0 Å². The summed E-state index contributed by atoms with van der Waals surface area (Å²) in [6.07, 6.45) is 1.28. The molecule has 0 unspecified atom stereocenters. The molecule has 2 N–H and O–H groups in total. The monoisotopic (exact) mass is 479 g/mol. The minimum Gasteiger partial charge on any atom is -0.382 e. The second-order valence-electron chi connectivity index (χ2n) is 7.25. The maximum absolute atomic E-state index is 14.9. The van der Waals surface area contributed by atoms with E-state index in [-0.39, 0.29) is 27.5 Å². The molecular weight excluding hydrogens is 465 g/mol. The first-order chi connectivity index (χ1) is 16.0. The third kappa shape index (κ3) is 3.46. The zero-order chi connectivity index (χ0) is 23.1. The van der Waals surface area contributed by atoms with Gasteiger partial charge in [-0.3, -0.25) is 9.36 Å². The first kappa shape index (κ1) is 21.2. The molecule has 0 bridgehead atoms. The molecule has 33 heavy (non-hydrogen) atoms. The summed E-state index contributed by atoms with van der Waals surface area (Å²) in [6.45, 7) is 0. The van der Waals surface area contributed by atoms with Crippen LogP contribution >= 0.6 is 23.4 Å². The molecule has 5 rings (SSSR count). The van der Waals surface area contributed by atoms with Gasteiger partial charge in [0.15, 0.2) is 5.82 Å². The smallest absolute Gasteiger partial charge is 0.267 e. The van der Waals surface area contributed by atoms with E-state index < -0.39 is 17.4 Å². The molecule has 0 aliphatic carbocycles. The maximum Gasteiger partial charge on any atom is 0.267 e. The van der Waals surface area contributed by atoms with Gasteiger partial charge in [0.2, 0.25) is 0 Å². The van der Waals surface area contributed by atoms with Gasteiger partial charge in [-0.05, 0) is 24.3 Å². The van der Waals surface area contributed by atoms with Gasteiger partial charge in [-0.15, -0.1) is 11.8 Å². The van der Waals surface area contributed by atoms with Gasteiger partial charge in [-0.2, -0.15) is 5.26 Å². The number of hydrogen-bond donors (Lipinski definition) is 1. The lowest BCUT2D eigenvalue weighted by atomic mass is 10.1. The molecule has 8 nitrogen and oxygen atoms in total. The van der Waals surface area contributed by atoms with Crippen LogP contribution in [0.15, 0.2) is 53.6 Å². The van der Waals surface area contributed by atoms with Crippen molar-refractivity contribution < 1.29 is 4.39 Å². The number of hydrogen-bond acceptors (Lipinski definition) is 8. The lowest BCUT2D eigenvalue weighted by Crippen LogP contribution is -2.33. The number of benzene rings is 2. The van der Waals surface area contributed by atoms with Crippen molar-refractivity contribution in [2.75, 3.05) is 22.3 Å². The summed E-state index contributed by atoms with van der Waals surface area (Å²) in [5, 5.41) is 10.1. The molecule has 1 aliphatic rings. The van der Waals surface area contributed by atoms with E-state index in [2.05, 4.69) is 9.97 Å². The summed E-state index contributed by atoms with van der Waals surface area (Å²) in [5.74, 6) is 1.13. The Kier molecular flexibility index (Phi) is 5.36. The van der Waals surface area contributed by atoms with E-state index in [0.717, 1.165) is 0 Å². The first-order valence-corrected chi connectivity index (χ1v) is 11.4. The molecule has 1 aliphatic heterocycles. The van der Waals surface area contributed by atoms with Crippen molar-refractivity contribution in [1.29, 1.82) is 5.26 Å². The topological polar surface area (TPSA) is 114 Å². The van der Waals surface area contributed by atoms with Crippen molar-refractivity contribution in [2.45, 2.75) is 6.04 Å². The second-order valence-corrected chi connectivity index (χ2v) is 8.66. The van der Waals surface area contributed by atoms with Gasteiger partial charge in [0.05, 0.1) is 33.5 Å². The third-order valence-corrected chi connectivity index (χ3v) is 6.71. The molecule has 1 atom stereocenters. The number of nitriles is 1. The molecule has 164 valence electrons. The Hall–Kier alpha value is -3.68. The van der Waals surface area contributed by atoms with Crippen LogP contribution in [0.2, 0.25) is 5.02 Å². The fraction of sp³-hybridized carbons (Fsp3) is 0.136. The van der Waals surface area contributed by atoms with Gasteiger partial charge >= 0.3 is 0 Å². The molecule has 0 radical (unpaired) electrons. The first-order valence-electron chi connectivity index (χ1n) is 9.82. The fourth-order valence-corrected chi connectivity index (χ4v) is 5.28. The minimum absolute atomic E-state index is 0.0582. The standard InChI is InChI=1S/C22H15ClFN7OS/c23-13-4-3-6-15-18(13)22(32)31(16-7-2-1-5-14(16)24)21(29-15)17-9-33-11-30(17)20-12(8-25)19(26)27-10-28-20/h1-7,10,17H,9,11H2,(H2,26,27,28)/t17-/m0/s1. The normalized spacial score (nSPS) is 15.7. The number of thioether (sulfide) groups is 1. The van der Waals surface area contributed by atoms with Gasteiger partial charge < -0.3 is 10.6 Å². The van der Waals surface area contributed by atoms with Gasteiger partial charge in [-0.25, -0.2) is 19.3 Å². The van der Waals surface area contributed by atoms with E-state index in [1.54, 1.807) is 42.1 Å². The van der Waals surface area contributed by atoms with Crippen LogP contribution in [0.4, 0.5) is 16.0 Å². The van der Waals surface area contributed by atoms with E-state index in [0.29, 0.717) is 28.8 Å². The van der Waals surface area contributed by atoms with Crippen LogP contribution in [0.1, 0.15) is 17.4 Å². The third-order valence-electron chi connectivity index (χ3n) is 5.39. The number of aromatic nitrogens is 4. The molecule has 0 amide bonds. The Morgan fingerprint density at radius 2 is 2.03 bits per heavy atom. The number of anilines is 2. The second kappa shape index (κ2) is 8.35. The molecule has 4 aromatic rings. The highest BCUT2D eigenvalue weighted by Gasteiger charge is 2.34. The lowest BCUT2D eigenvalue weighted by Gasteiger charge is -2.27. The zero-order valence-electron chi connectivity index (χ0n) is 16.9. The number of nitrogens with two attached hydrogens (primary N) is 1. The largest absolute Gasteiger partial charge is 0.382 e. The molecule has 0 saturated carbocycles. The molecule has 0 spiro atoms. The quantitative estimate of drug-likeness (QED) is 0.473. The maximum atomic E-state index is 14.9. The van der Waals surface area contributed by atoms with Crippen molar-refractivity contribution >= 4 is 45.9 Å². The number of rotatable bonds is 3. The molecule has 2 aromatic carbocycles. The average molecular weight is 480 g/mol. The Bertz CT molecular complexity index is 1500. The zero-order valence-corrected chi connectivity index (χ0v) is 18.5. The number of fused-ring (bicyclic) bond motifs is 1. The highest BCUT2D eigenvalue weighted by atomic mass is 35.5. The number of para-hydroxylation sites is 1. The Labute approximate surface area is 196 Å².